The highest BCUT2D eigenvalue weighted by Crippen LogP contribution is 2.34. The predicted octanol–water partition coefficient (Wildman–Crippen LogP) is 4.61. The second-order valence-corrected chi connectivity index (χ2v) is 7.69. The number of rotatable bonds is 6. The van der Waals surface area contributed by atoms with Gasteiger partial charge in [0.25, 0.3) is 0 Å². The highest BCUT2D eigenvalue weighted by molar-refractivity contribution is 5.96. The maximum atomic E-state index is 12.8. The summed E-state index contributed by atoms with van der Waals surface area (Å²) in [6.45, 7) is 6.06. The van der Waals surface area contributed by atoms with E-state index in [1.54, 1.807) is 7.11 Å². The summed E-state index contributed by atoms with van der Waals surface area (Å²) in [5.74, 6) is 2.58. The minimum atomic E-state index is 0.0927. The lowest BCUT2D eigenvalue weighted by atomic mass is 10.1. The van der Waals surface area contributed by atoms with Crippen molar-refractivity contribution in [3.8, 4) is 5.75 Å². The number of anilines is 1. The molecule has 2 heterocycles. The maximum Gasteiger partial charge on any atom is 0.227 e. The number of carbonyl (C=O) groups excluding carboxylic acids is 1. The Hall–Kier alpha value is -2.82. The molecule has 1 saturated heterocycles. The van der Waals surface area contributed by atoms with Crippen LogP contribution in [0.1, 0.15) is 38.4 Å². The van der Waals surface area contributed by atoms with Crippen molar-refractivity contribution in [2.45, 2.75) is 39.2 Å². The van der Waals surface area contributed by atoms with Crippen molar-refractivity contribution in [1.29, 1.82) is 0 Å². The summed E-state index contributed by atoms with van der Waals surface area (Å²) in [6.07, 6.45) is 1.60. The van der Waals surface area contributed by atoms with E-state index >= 15 is 0 Å². The van der Waals surface area contributed by atoms with Gasteiger partial charge in [-0.1, -0.05) is 38.5 Å². The summed E-state index contributed by atoms with van der Waals surface area (Å²) in [7, 11) is 1.64. The van der Waals surface area contributed by atoms with Gasteiger partial charge in [0.2, 0.25) is 5.91 Å². The number of imidazole rings is 1. The molecule has 4 rings (SSSR count). The zero-order valence-electron chi connectivity index (χ0n) is 16.8. The first-order chi connectivity index (χ1) is 13.6. The number of ether oxygens (including phenoxy) is 1. The minimum absolute atomic E-state index is 0.0927. The van der Waals surface area contributed by atoms with Crippen molar-refractivity contribution in [3.05, 3.63) is 54.4 Å². The van der Waals surface area contributed by atoms with Crippen LogP contribution < -0.4 is 9.64 Å². The van der Waals surface area contributed by atoms with Gasteiger partial charge in [0, 0.05) is 37.2 Å². The number of carbonyl (C=O) groups is 1. The Morgan fingerprint density at radius 1 is 1.21 bits per heavy atom. The fraction of sp³-hybridized carbons (Fsp3) is 0.391. The van der Waals surface area contributed by atoms with E-state index in [2.05, 4.69) is 36.6 Å². The van der Waals surface area contributed by atoms with Gasteiger partial charge < -0.3 is 14.2 Å². The number of amides is 1. The molecule has 1 fully saturated rings. The SMILES string of the molecule is CCC(C)Cn1c(C2CC(=O)N(c3cccc(OC)c3)C2)nc2ccccc21. The molecule has 1 aliphatic rings. The first kappa shape index (κ1) is 18.5. The summed E-state index contributed by atoms with van der Waals surface area (Å²) in [5, 5.41) is 0. The molecule has 0 bridgehead atoms. The number of nitrogens with zero attached hydrogens (tertiary/aromatic N) is 3. The van der Waals surface area contributed by atoms with Crippen molar-refractivity contribution in [1.82, 2.24) is 9.55 Å². The average Bonchev–Trinajstić information content (AvgIpc) is 3.28. The van der Waals surface area contributed by atoms with Crippen molar-refractivity contribution in [3.63, 3.8) is 0 Å². The van der Waals surface area contributed by atoms with E-state index in [4.69, 9.17) is 9.72 Å². The number of hydrogen-bond acceptors (Lipinski definition) is 3. The summed E-state index contributed by atoms with van der Waals surface area (Å²) < 4.78 is 7.65. The molecule has 2 unspecified atom stereocenters. The molecule has 28 heavy (non-hydrogen) atoms. The predicted molar refractivity (Wildman–Crippen MR) is 112 cm³/mol. The van der Waals surface area contributed by atoms with Gasteiger partial charge in [0.05, 0.1) is 18.1 Å². The van der Waals surface area contributed by atoms with Crippen LogP contribution in [-0.2, 0) is 11.3 Å². The van der Waals surface area contributed by atoms with E-state index < -0.39 is 0 Å². The van der Waals surface area contributed by atoms with Crippen LogP contribution in [0.5, 0.6) is 5.75 Å². The van der Waals surface area contributed by atoms with Gasteiger partial charge >= 0.3 is 0 Å². The van der Waals surface area contributed by atoms with Crippen LogP contribution in [0.3, 0.4) is 0 Å². The fourth-order valence-electron chi connectivity index (χ4n) is 3.95. The van der Waals surface area contributed by atoms with Gasteiger partial charge in [-0.2, -0.15) is 0 Å². The molecule has 0 radical (unpaired) electrons. The van der Waals surface area contributed by atoms with Gasteiger partial charge in [-0.25, -0.2) is 4.98 Å². The Morgan fingerprint density at radius 2 is 2.04 bits per heavy atom. The Kier molecular flexibility index (Phi) is 5.07. The van der Waals surface area contributed by atoms with Crippen molar-refractivity contribution >= 4 is 22.6 Å². The molecule has 1 aliphatic heterocycles. The van der Waals surface area contributed by atoms with Gasteiger partial charge in [-0.15, -0.1) is 0 Å². The van der Waals surface area contributed by atoms with Gasteiger partial charge in [0.15, 0.2) is 0 Å². The lowest BCUT2D eigenvalue weighted by molar-refractivity contribution is -0.117. The molecule has 3 aromatic rings. The Balaban J connectivity index is 1.68. The molecule has 0 aliphatic carbocycles. The Morgan fingerprint density at radius 3 is 2.82 bits per heavy atom. The molecule has 1 amide bonds. The largest absolute Gasteiger partial charge is 0.497 e. The molecule has 2 aromatic carbocycles. The zero-order chi connectivity index (χ0) is 19.7. The number of fused-ring (bicyclic) bond motifs is 1. The lowest BCUT2D eigenvalue weighted by Crippen LogP contribution is -2.24. The average molecular weight is 377 g/mol. The van der Waals surface area contributed by atoms with E-state index in [1.165, 1.54) is 0 Å². The molecule has 0 spiro atoms. The molecule has 146 valence electrons. The fourth-order valence-corrected chi connectivity index (χ4v) is 3.95. The molecular weight excluding hydrogens is 350 g/mol. The Bertz CT molecular complexity index is 994. The first-order valence-corrected chi connectivity index (χ1v) is 10.00. The van der Waals surface area contributed by atoms with Crippen LogP contribution in [0.2, 0.25) is 0 Å². The van der Waals surface area contributed by atoms with E-state index in [-0.39, 0.29) is 11.8 Å². The number of aromatic nitrogens is 2. The molecule has 2 atom stereocenters. The summed E-state index contributed by atoms with van der Waals surface area (Å²) >= 11 is 0. The third-order valence-corrected chi connectivity index (χ3v) is 5.73. The highest BCUT2D eigenvalue weighted by Gasteiger charge is 2.35. The van der Waals surface area contributed by atoms with Crippen molar-refractivity contribution < 1.29 is 9.53 Å². The summed E-state index contributed by atoms with van der Waals surface area (Å²) in [4.78, 5) is 19.6. The highest BCUT2D eigenvalue weighted by atomic mass is 16.5. The first-order valence-electron chi connectivity index (χ1n) is 10.00. The molecule has 0 saturated carbocycles. The monoisotopic (exact) mass is 377 g/mol. The number of para-hydroxylation sites is 2. The Labute approximate surface area is 165 Å². The second-order valence-electron chi connectivity index (χ2n) is 7.69. The minimum Gasteiger partial charge on any atom is -0.497 e. The van der Waals surface area contributed by atoms with E-state index in [9.17, 15) is 4.79 Å². The van der Waals surface area contributed by atoms with Crippen molar-refractivity contribution in [2.75, 3.05) is 18.6 Å². The molecule has 1 aromatic heterocycles. The van der Waals surface area contributed by atoms with E-state index in [1.807, 2.05) is 35.2 Å². The standard InChI is InChI=1S/C23H27N3O2/c1-4-16(2)14-26-21-11-6-5-10-20(21)24-23(26)17-12-22(27)25(15-17)18-8-7-9-19(13-18)28-3/h5-11,13,16-17H,4,12,14-15H2,1-3H3. The van der Waals surface area contributed by atoms with Crippen LogP contribution in [0, 0.1) is 5.92 Å². The van der Waals surface area contributed by atoms with Gasteiger partial charge in [-0.3, -0.25) is 4.79 Å². The number of benzene rings is 2. The lowest BCUT2D eigenvalue weighted by Gasteiger charge is -2.19. The van der Waals surface area contributed by atoms with Crippen LogP contribution >= 0.6 is 0 Å². The van der Waals surface area contributed by atoms with Crippen LogP contribution in [0.4, 0.5) is 5.69 Å². The number of hydrogen-bond donors (Lipinski definition) is 0. The quantitative estimate of drug-likeness (QED) is 0.630. The maximum absolute atomic E-state index is 12.8. The van der Waals surface area contributed by atoms with Crippen LogP contribution in [0.25, 0.3) is 11.0 Å². The summed E-state index contributed by atoms with van der Waals surface area (Å²) in [6, 6.07) is 16.0. The van der Waals surface area contributed by atoms with Crippen LogP contribution in [0.15, 0.2) is 48.5 Å². The normalized spacial score (nSPS) is 18.0. The van der Waals surface area contributed by atoms with Gasteiger partial charge in [0.1, 0.15) is 11.6 Å². The smallest absolute Gasteiger partial charge is 0.227 e. The van der Waals surface area contributed by atoms with E-state index in [0.29, 0.717) is 18.9 Å². The molecule has 0 N–H and O–H groups in total. The molecule has 5 heteroatoms. The van der Waals surface area contributed by atoms with E-state index in [0.717, 1.165) is 41.3 Å². The second kappa shape index (κ2) is 7.66. The zero-order valence-corrected chi connectivity index (χ0v) is 16.8. The molecule has 5 nitrogen and oxygen atoms in total. The summed E-state index contributed by atoms with van der Waals surface area (Å²) in [5.41, 5.74) is 3.05. The van der Waals surface area contributed by atoms with Gasteiger partial charge in [-0.05, 0) is 30.2 Å². The third-order valence-electron chi connectivity index (χ3n) is 5.73. The third kappa shape index (κ3) is 3.37. The topological polar surface area (TPSA) is 47.4 Å². The van der Waals surface area contributed by atoms with Crippen molar-refractivity contribution in [2.24, 2.45) is 5.92 Å². The number of methoxy groups -OCH3 is 1. The van der Waals surface area contributed by atoms with Crippen LogP contribution in [-0.4, -0.2) is 29.1 Å². The molecular formula is C23H27N3O2.